The highest BCUT2D eigenvalue weighted by Crippen LogP contribution is 2.36. The molecule has 30 heavy (non-hydrogen) atoms. The van der Waals surface area contributed by atoms with Crippen molar-refractivity contribution >= 4 is 22.3 Å². The number of pyridine rings is 1. The summed E-state index contributed by atoms with van der Waals surface area (Å²) < 4.78 is 34.7. The predicted octanol–water partition coefficient (Wildman–Crippen LogP) is 3.10. The lowest BCUT2D eigenvalue weighted by molar-refractivity contribution is 0.356. The van der Waals surface area contributed by atoms with Gasteiger partial charge in [-0.2, -0.15) is 0 Å². The molecule has 1 atom stereocenters. The molecule has 7 nitrogen and oxygen atoms in total. The lowest BCUT2D eigenvalue weighted by Gasteiger charge is -2.13. The molecule has 3 aromatic heterocycles. The van der Waals surface area contributed by atoms with Crippen molar-refractivity contribution in [3.8, 4) is 16.9 Å². The standard InChI is InChI=1S/C21H16FN5O2S/c22-16-3-4-18-13(5-7-29-18)14(16)8-24-21-25-9-15-12-2-1-6-23-17(12)10-30(28)20-19(15)27(21)11-26-20/h1-4,6,9,11H,5,7-8,10H2,(H,24,25). The summed E-state index contributed by atoms with van der Waals surface area (Å²) >= 11 is 0. The Morgan fingerprint density at radius 3 is 3.07 bits per heavy atom. The van der Waals surface area contributed by atoms with E-state index in [9.17, 15) is 8.60 Å². The maximum Gasteiger partial charge on any atom is 0.209 e. The van der Waals surface area contributed by atoms with Gasteiger partial charge >= 0.3 is 0 Å². The van der Waals surface area contributed by atoms with E-state index in [1.54, 1.807) is 29.2 Å². The minimum atomic E-state index is -1.31. The number of fused-ring (bicyclic) bond motifs is 3. The van der Waals surface area contributed by atoms with Crippen molar-refractivity contribution < 1.29 is 13.3 Å². The van der Waals surface area contributed by atoms with Crippen LogP contribution in [0.15, 0.2) is 48.0 Å². The first-order valence-corrected chi connectivity index (χ1v) is 10.9. The van der Waals surface area contributed by atoms with Gasteiger partial charge in [-0.05, 0) is 18.2 Å². The third kappa shape index (κ3) is 2.55. The van der Waals surface area contributed by atoms with Crippen molar-refractivity contribution in [3.63, 3.8) is 0 Å². The Hall–Kier alpha value is -3.33. The van der Waals surface area contributed by atoms with Gasteiger partial charge in [0, 0.05) is 47.6 Å². The molecule has 9 heteroatoms. The Balaban J connectivity index is 1.44. The summed E-state index contributed by atoms with van der Waals surface area (Å²) in [4.78, 5) is 13.4. The Labute approximate surface area is 173 Å². The van der Waals surface area contributed by atoms with Crippen molar-refractivity contribution in [2.24, 2.45) is 0 Å². The summed E-state index contributed by atoms with van der Waals surface area (Å²) in [5, 5.41) is 3.73. The number of hydrogen-bond donors (Lipinski definition) is 1. The number of nitrogens with zero attached hydrogens (tertiary/aromatic N) is 4. The highest BCUT2D eigenvalue weighted by molar-refractivity contribution is 7.84. The van der Waals surface area contributed by atoms with E-state index in [0.29, 0.717) is 35.3 Å². The van der Waals surface area contributed by atoms with E-state index in [1.165, 1.54) is 6.07 Å². The highest BCUT2D eigenvalue weighted by atomic mass is 32.2. The second kappa shape index (κ2) is 6.60. The first-order valence-electron chi connectivity index (χ1n) is 9.56. The topological polar surface area (TPSA) is 81.4 Å². The number of hydrogen-bond acceptors (Lipinski definition) is 6. The van der Waals surface area contributed by atoms with Crippen LogP contribution in [0.25, 0.3) is 16.6 Å². The molecule has 150 valence electrons. The van der Waals surface area contributed by atoms with Crippen molar-refractivity contribution in [1.29, 1.82) is 0 Å². The Morgan fingerprint density at radius 2 is 2.13 bits per heavy atom. The number of nitrogens with one attached hydrogen (secondary N) is 1. The molecule has 1 aromatic carbocycles. The normalized spacial score (nSPS) is 16.6. The molecule has 5 heterocycles. The van der Waals surface area contributed by atoms with E-state index in [-0.39, 0.29) is 12.4 Å². The van der Waals surface area contributed by atoms with Gasteiger partial charge in [0.05, 0.1) is 34.4 Å². The van der Waals surface area contributed by atoms with E-state index < -0.39 is 10.8 Å². The van der Waals surface area contributed by atoms with Gasteiger partial charge in [-0.3, -0.25) is 13.6 Å². The van der Waals surface area contributed by atoms with Gasteiger partial charge in [0.25, 0.3) is 0 Å². The SMILES string of the molecule is O=S1Cc2ncccc2-c2cnc(NCc3c(F)ccc4c3CCO4)n3cnc1c23. The molecule has 0 spiro atoms. The van der Waals surface area contributed by atoms with Gasteiger partial charge in [-0.25, -0.2) is 14.4 Å². The molecule has 0 saturated carbocycles. The maximum atomic E-state index is 14.5. The second-order valence-electron chi connectivity index (χ2n) is 7.21. The van der Waals surface area contributed by atoms with Crippen molar-refractivity contribution in [2.75, 3.05) is 11.9 Å². The van der Waals surface area contributed by atoms with Gasteiger partial charge in [0.1, 0.15) is 17.9 Å². The average molecular weight is 421 g/mol. The number of rotatable bonds is 3. The summed E-state index contributed by atoms with van der Waals surface area (Å²) in [5.41, 5.74) is 4.70. The molecule has 0 aliphatic carbocycles. The van der Waals surface area contributed by atoms with Crippen LogP contribution in [0, 0.1) is 5.82 Å². The molecular formula is C21H16FN5O2S. The first-order chi connectivity index (χ1) is 14.7. The van der Waals surface area contributed by atoms with Crippen LogP contribution in [0.5, 0.6) is 5.75 Å². The third-order valence-corrected chi connectivity index (χ3v) is 6.83. The fourth-order valence-electron chi connectivity index (χ4n) is 4.15. The molecule has 1 N–H and O–H groups in total. The zero-order valence-corrected chi connectivity index (χ0v) is 16.6. The Morgan fingerprint density at radius 1 is 1.20 bits per heavy atom. The average Bonchev–Trinajstić information content (AvgIpc) is 3.38. The molecule has 0 amide bonds. The van der Waals surface area contributed by atoms with Crippen LogP contribution in [0.4, 0.5) is 10.3 Å². The summed E-state index contributed by atoms with van der Waals surface area (Å²) in [6.07, 6.45) is 5.73. The lowest BCUT2D eigenvalue weighted by atomic mass is 10.0. The monoisotopic (exact) mass is 421 g/mol. The zero-order chi connectivity index (χ0) is 20.2. The number of aromatic nitrogens is 4. The van der Waals surface area contributed by atoms with Crippen LogP contribution < -0.4 is 10.1 Å². The molecule has 1 unspecified atom stereocenters. The largest absolute Gasteiger partial charge is 0.493 e. The predicted molar refractivity (Wildman–Crippen MR) is 109 cm³/mol. The third-order valence-electron chi connectivity index (χ3n) is 5.56. The quantitative estimate of drug-likeness (QED) is 0.548. The van der Waals surface area contributed by atoms with E-state index >= 15 is 0 Å². The number of halogens is 1. The number of anilines is 1. The smallest absolute Gasteiger partial charge is 0.209 e. The fraction of sp³-hybridized carbons (Fsp3) is 0.190. The Kier molecular flexibility index (Phi) is 3.85. The van der Waals surface area contributed by atoms with Crippen LogP contribution in [0.3, 0.4) is 0 Å². The van der Waals surface area contributed by atoms with Crippen LogP contribution in [0.2, 0.25) is 0 Å². The second-order valence-corrected chi connectivity index (χ2v) is 8.57. The number of ether oxygens (including phenoxy) is 1. The molecule has 2 aliphatic heterocycles. The summed E-state index contributed by atoms with van der Waals surface area (Å²) in [6, 6.07) is 6.91. The number of benzene rings is 1. The lowest BCUT2D eigenvalue weighted by Crippen LogP contribution is -2.09. The molecule has 0 fully saturated rings. The Bertz CT molecular complexity index is 1350. The van der Waals surface area contributed by atoms with Gasteiger partial charge in [-0.1, -0.05) is 6.07 Å². The van der Waals surface area contributed by atoms with E-state index in [4.69, 9.17) is 4.74 Å². The fourth-order valence-corrected chi connectivity index (χ4v) is 5.35. The van der Waals surface area contributed by atoms with E-state index in [0.717, 1.165) is 33.7 Å². The molecule has 4 aromatic rings. The van der Waals surface area contributed by atoms with Crippen LogP contribution in [-0.2, 0) is 29.5 Å². The van der Waals surface area contributed by atoms with Crippen molar-refractivity contribution in [2.45, 2.75) is 23.7 Å². The highest BCUT2D eigenvalue weighted by Gasteiger charge is 2.26. The van der Waals surface area contributed by atoms with E-state index in [1.807, 2.05) is 12.1 Å². The molecule has 0 bridgehead atoms. The number of imidazole rings is 1. The molecule has 2 aliphatic rings. The summed E-state index contributed by atoms with van der Waals surface area (Å²) in [6.45, 7) is 0.821. The van der Waals surface area contributed by atoms with E-state index in [2.05, 4.69) is 20.3 Å². The molecule has 6 rings (SSSR count). The summed E-state index contributed by atoms with van der Waals surface area (Å²) in [7, 11) is -1.31. The van der Waals surface area contributed by atoms with Crippen LogP contribution >= 0.6 is 0 Å². The molecular weight excluding hydrogens is 405 g/mol. The van der Waals surface area contributed by atoms with Crippen molar-refractivity contribution in [3.05, 3.63) is 65.6 Å². The first kappa shape index (κ1) is 17.5. The van der Waals surface area contributed by atoms with Crippen LogP contribution in [0.1, 0.15) is 16.8 Å². The van der Waals surface area contributed by atoms with Gasteiger partial charge in [-0.15, -0.1) is 0 Å². The minimum Gasteiger partial charge on any atom is -0.493 e. The zero-order valence-electron chi connectivity index (χ0n) is 15.8. The van der Waals surface area contributed by atoms with Crippen LogP contribution in [-0.4, -0.2) is 30.2 Å². The molecule has 0 radical (unpaired) electrons. The molecule has 0 saturated heterocycles. The maximum absolute atomic E-state index is 14.5. The van der Waals surface area contributed by atoms with Gasteiger partial charge in [0.2, 0.25) is 5.95 Å². The van der Waals surface area contributed by atoms with Gasteiger partial charge in [0.15, 0.2) is 5.03 Å². The minimum absolute atomic E-state index is 0.258. The van der Waals surface area contributed by atoms with Gasteiger partial charge < -0.3 is 10.1 Å². The summed E-state index contributed by atoms with van der Waals surface area (Å²) in [5.74, 6) is 1.27. The van der Waals surface area contributed by atoms with Crippen molar-refractivity contribution in [1.82, 2.24) is 19.4 Å².